The smallest absolute Gasteiger partial charge is 0.269 e. The number of hydrogen-bond acceptors (Lipinski definition) is 5. The normalized spacial score (nSPS) is 20.0. The highest BCUT2D eigenvalue weighted by Gasteiger charge is 2.39. The van der Waals surface area contributed by atoms with Gasteiger partial charge in [-0.25, -0.2) is 0 Å². The molecular formula is C21H18N4O2. The van der Waals surface area contributed by atoms with Crippen LogP contribution in [0.2, 0.25) is 0 Å². The monoisotopic (exact) mass is 358 g/mol. The Morgan fingerprint density at radius 2 is 1.33 bits per heavy atom. The molecule has 0 aromatic heterocycles. The molecule has 0 spiro atoms. The van der Waals surface area contributed by atoms with Crippen LogP contribution in [0, 0.1) is 10.1 Å². The Hall–Kier alpha value is -3.38. The number of para-hydroxylation sites is 2. The predicted molar refractivity (Wildman–Crippen MR) is 104 cm³/mol. The topological polar surface area (TPSA) is 70.4 Å². The van der Waals surface area contributed by atoms with Crippen LogP contribution in [0.15, 0.2) is 72.8 Å². The largest absolute Gasteiger partial charge is 0.365 e. The van der Waals surface area contributed by atoms with Crippen LogP contribution in [0.25, 0.3) is 0 Å². The molecule has 2 aliphatic heterocycles. The first-order valence-corrected chi connectivity index (χ1v) is 8.91. The molecule has 3 aromatic rings. The van der Waals surface area contributed by atoms with Crippen LogP contribution >= 0.6 is 0 Å². The minimum Gasteiger partial charge on any atom is -0.365 e. The van der Waals surface area contributed by atoms with Gasteiger partial charge in [-0.2, -0.15) is 0 Å². The van der Waals surface area contributed by atoms with Crippen LogP contribution in [0.4, 0.5) is 17.1 Å². The van der Waals surface area contributed by atoms with E-state index in [1.54, 1.807) is 12.1 Å². The number of anilines is 2. The van der Waals surface area contributed by atoms with Gasteiger partial charge in [0.2, 0.25) is 0 Å². The second-order valence-corrected chi connectivity index (χ2v) is 6.86. The average molecular weight is 358 g/mol. The van der Waals surface area contributed by atoms with Gasteiger partial charge in [-0.3, -0.25) is 15.0 Å². The molecule has 3 aromatic carbocycles. The quantitative estimate of drug-likeness (QED) is 0.527. The molecule has 0 aliphatic carbocycles. The molecule has 2 heterocycles. The van der Waals surface area contributed by atoms with Crippen molar-refractivity contribution in [3.63, 3.8) is 0 Å². The first kappa shape index (κ1) is 15.8. The third-order valence-corrected chi connectivity index (χ3v) is 5.27. The Balaban J connectivity index is 1.54. The lowest BCUT2D eigenvalue weighted by Gasteiger charge is -2.49. The van der Waals surface area contributed by atoms with Crippen LogP contribution in [-0.2, 0) is 6.54 Å². The van der Waals surface area contributed by atoms with Gasteiger partial charge in [-0.05, 0) is 17.7 Å². The number of nitro groups is 1. The van der Waals surface area contributed by atoms with Gasteiger partial charge in [0.15, 0.2) is 0 Å². The molecule has 6 heteroatoms. The highest BCUT2D eigenvalue weighted by molar-refractivity contribution is 5.65. The molecule has 2 atom stereocenters. The summed E-state index contributed by atoms with van der Waals surface area (Å²) in [5, 5.41) is 18.2. The zero-order valence-corrected chi connectivity index (χ0v) is 14.5. The fraction of sp³-hybridized carbons (Fsp3) is 0.143. The van der Waals surface area contributed by atoms with Crippen molar-refractivity contribution in [3.8, 4) is 0 Å². The molecule has 2 N–H and O–H groups in total. The summed E-state index contributed by atoms with van der Waals surface area (Å²) in [5.74, 6) is 0. The molecule has 0 saturated heterocycles. The van der Waals surface area contributed by atoms with E-state index in [-0.39, 0.29) is 22.9 Å². The summed E-state index contributed by atoms with van der Waals surface area (Å²) in [6, 6.07) is 23.5. The molecule has 2 aliphatic rings. The molecule has 27 heavy (non-hydrogen) atoms. The van der Waals surface area contributed by atoms with Gasteiger partial charge in [0.25, 0.3) is 5.69 Å². The average Bonchev–Trinajstić information content (AvgIpc) is 2.69. The first-order valence-electron chi connectivity index (χ1n) is 8.91. The number of nitrogens with zero attached hydrogens (tertiary/aromatic N) is 2. The van der Waals surface area contributed by atoms with Crippen molar-refractivity contribution in [1.82, 2.24) is 4.90 Å². The Labute approximate surface area is 156 Å². The maximum absolute atomic E-state index is 10.9. The van der Waals surface area contributed by atoms with Crippen LogP contribution < -0.4 is 10.6 Å². The number of hydrogen-bond donors (Lipinski definition) is 2. The summed E-state index contributed by atoms with van der Waals surface area (Å²) < 4.78 is 0. The summed E-state index contributed by atoms with van der Waals surface area (Å²) in [4.78, 5) is 12.9. The van der Waals surface area contributed by atoms with Gasteiger partial charge in [0, 0.05) is 41.2 Å². The Morgan fingerprint density at radius 3 is 1.85 bits per heavy atom. The van der Waals surface area contributed by atoms with Crippen molar-refractivity contribution in [1.29, 1.82) is 0 Å². The number of nitrogens with one attached hydrogen (secondary N) is 2. The highest BCUT2D eigenvalue weighted by Crippen LogP contribution is 2.47. The summed E-state index contributed by atoms with van der Waals surface area (Å²) in [6.45, 7) is 0.677. The van der Waals surface area contributed by atoms with Crippen molar-refractivity contribution in [2.75, 3.05) is 10.6 Å². The number of nitro benzene ring substituents is 1. The van der Waals surface area contributed by atoms with E-state index >= 15 is 0 Å². The third-order valence-electron chi connectivity index (χ3n) is 5.27. The van der Waals surface area contributed by atoms with Crippen LogP contribution in [0.5, 0.6) is 0 Å². The van der Waals surface area contributed by atoms with Gasteiger partial charge in [-0.15, -0.1) is 0 Å². The predicted octanol–water partition coefficient (Wildman–Crippen LogP) is 4.65. The summed E-state index contributed by atoms with van der Waals surface area (Å²) >= 11 is 0. The molecule has 0 radical (unpaired) electrons. The van der Waals surface area contributed by atoms with E-state index in [0.29, 0.717) is 6.54 Å². The number of benzene rings is 3. The van der Waals surface area contributed by atoms with Gasteiger partial charge >= 0.3 is 0 Å². The van der Waals surface area contributed by atoms with E-state index in [1.807, 2.05) is 36.4 Å². The molecule has 134 valence electrons. The fourth-order valence-electron chi connectivity index (χ4n) is 3.97. The molecule has 0 fully saturated rings. The Morgan fingerprint density at radius 1 is 0.815 bits per heavy atom. The maximum Gasteiger partial charge on any atom is 0.269 e. The van der Waals surface area contributed by atoms with E-state index in [0.717, 1.165) is 16.9 Å². The minimum absolute atomic E-state index is 0.0394. The molecule has 0 saturated carbocycles. The van der Waals surface area contributed by atoms with Crippen molar-refractivity contribution < 1.29 is 4.92 Å². The van der Waals surface area contributed by atoms with Gasteiger partial charge in [-0.1, -0.05) is 48.5 Å². The highest BCUT2D eigenvalue weighted by atomic mass is 16.6. The molecule has 0 unspecified atom stereocenters. The summed E-state index contributed by atoms with van der Waals surface area (Å²) in [7, 11) is 0. The second-order valence-electron chi connectivity index (χ2n) is 6.86. The summed E-state index contributed by atoms with van der Waals surface area (Å²) in [6.07, 6.45) is 0.0788. The van der Waals surface area contributed by atoms with Crippen molar-refractivity contribution >= 4 is 17.1 Å². The molecule has 0 amide bonds. The summed E-state index contributed by atoms with van der Waals surface area (Å²) in [5.41, 5.74) is 5.82. The van der Waals surface area contributed by atoms with Crippen LogP contribution in [-0.4, -0.2) is 9.82 Å². The lowest BCUT2D eigenvalue weighted by Crippen LogP contribution is -2.47. The van der Waals surface area contributed by atoms with E-state index in [4.69, 9.17) is 0 Å². The van der Waals surface area contributed by atoms with Crippen molar-refractivity contribution in [2.45, 2.75) is 18.9 Å². The number of fused-ring (bicyclic) bond motifs is 6. The number of rotatable bonds is 3. The van der Waals surface area contributed by atoms with Crippen molar-refractivity contribution in [3.05, 3.63) is 99.6 Å². The van der Waals surface area contributed by atoms with Gasteiger partial charge < -0.3 is 10.6 Å². The first-order chi connectivity index (χ1) is 13.2. The minimum atomic E-state index is -0.366. The second kappa shape index (κ2) is 6.10. The molecule has 2 bridgehead atoms. The van der Waals surface area contributed by atoms with Crippen LogP contribution in [0.3, 0.4) is 0 Å². The van der Waals surface area contributed by atoms with Crippen LogP contribution in [0.1, 0.15) is 29.0 Å². The van der Waals surface area contributed by atoms with E-state index in [2.05, 4.69) is 39.8 Å². The van der Waals surface area contributed by atoms with E-state index in [1.165, 1.54) is 11.1 Å². The SMILES string of the molecule is O=[N+]([O-])c1ccc(CN2[C@H]3Nc4ccccc4[C@@H]2Nc2ccccc23)cc1. The third kappa shape index (κ3) is 2.62. The maximum atomic E-state index is 10.9. The van der Waals surface area contributed by atoms with E-state index < -0.39 is 0 Å². The van der Waals surface area contributed by atoms with E-state index in [9.17, 15) is 10.1 Å². The zero-order valence-electron chi connectivity index (χ0n) is 14.5. The van der Waals surface area contributed by atoms with Gasteiger partial charge in [0.1, 0.15) is 12.3 Å². The molecule has 5 rings (SSSR count). The van der Waals surface area contributed by atoms with Gasteiger partial charge in [0.05, 0.1) is 4.92 Å². The lowest BCUT2D eigenvalue weighted by atomic mass is 9.95. The fourth-order valence-corrected chi connectivity index (χ4v) is 3.97. The van der Waals surface area contributed by atoms with Crippen molar-refractivity contribution in [2.24, 2.45) is 0 Å². The zero-order chi connectivity index (χ0) is 18.4. The number of non-ortho nitro benzene ring substituents is 1. The Kier molecular flexibility index (Phi) is 3.58. The molecular weight excluding hydrogens is 340 g/mol. The Bertz CT molecular complexity index is 965. The lowest BCUT2D eigenvalue weighted by molar-refractivity contribution is -0.384. The molecule has 6 nitrogen and oxygen atoms in total. The standard InChI is InChI=1S/C21H18N4O2/c26-25(27)15-11-9-14(10-12-15)13-24-20-16-5-1-3-7-18(16)22-21(24)17-6-2-4-8-19(17)23-20/h1-12,20-23H,13H2/t20-,21-/m1/s1.